The minimum atomic E-state index is 0.171. The quantitative estimate of drug-likeness (QED) is 0.769. The zero-order valence-electron chi connectivity index (χ0n) is 10.2. The van der Waals surface area contributed by atoms with Crippen molar-refractivity contribution in [1.29, 1.82) is 0 Å². The molecule has 0 bridgehead atoms. The van der Waals surface area contributed by atoms with Crippen molar-refractivity contribution in [2.75, 3.05) is 6.54 Å². The summed E-state index contributed by atoms with van der Waals surface area (Å²) in [6.07, 6.45) is 0.634. The Hall–Kier alpha value is -1.31. The van der Waals surface area contributed by atoms with E-state index in [4.69, 9.17) is 0 Å². The third-order valence-corrected chi connectivity index (χ3v) is 3.23. The molecule has 16 heavy (non-hydrogen) atoms. The number of benzene rings is 1. The fourth-order valence-corrected chi connectivity index (χ4v) is 2.10. The molecule has 0 radical (unpaired) electrons. The summed E-state index contributed by atoms with van der Waals surface area (Å²) in [5.74, 6) is 0.534. The molecule has 0 spiro atoms. The van der Waals surface area contributed by atoms with E-state index in [1.54, 1.807) is 0 Å². The van der Waals surface area contributed by atoms with E-state index in [9.17, 15) is 4.79 Å². The lowest BCUT2D eigenvalue weighted by Gasteiger charge is -2.19. The number of carbonyl (C=O) groups excluding carboxylic acids is 1. The number of amides is 1. The molecule has 1 saturated heterocycles. The topological polar surface area (TPSA) is 29.1 Å². The molecule has 1 unspecified atom stereocenters. The second kappa shape index (κ2) is 3.93. The monoisotopic (exact) mass is 217 g/mol. The summed E-state index contributed by atoms with van der Waals surface area (Å²) in [6, 6.07) is 8.67. The van der Waals surface area contributed by atoms with Gasteiger partial charge in [-0.05, 0) is 16.5 Å². The van der Waals surface area contributed by atoms with E-state index in [0.29, 0.717) is 12.3 Å². The molecule has 2 heteroatoms. The number of carbonyl (C=O) groups is 1. The largest absolute Gasteiger partial charge is 0.355 e. The van der Waals surface area contributed by atoms with E-state index in [2.05, 4.69) is 50.4 Å². The summed E-state index contributed by atoms with van der Waals surface area (Å²) in [5, 5.41) is 2.87. The van der Waals surface area contributed by atoms with Crippen LogP contribution in [0.5, 0.6) is 0 Å². The summed E-state index contributed by atoms with van der Waals surface area (Å²) < 4.78 is 0. The van der Waals surface area contributed by atoms with Gasteiger partial charge in [0, 0.05) is 18.9 Å². The number of nitrogens with one attached hydrogen (secondary N) is 1. The van der Waals surface area contributed by atoms with E-state index in [1.165, 1.54) is 11.1 Å². The van der Waals surface area contributed by atoms with Gasteiger partial charge < -0.3 is 5.32 Å². The highest BCUT2D eigenvalue weighted by Crippen LogP contribution is 2.27. The van der Waals surface area contributed by atoms with Gasteiger partial charge in [0.1, 0.15) is 0 Å². The Morgan fingerprint density at radius 2 is 1.81 bits per heavy atom. The van der Waals surface area contributed by atoms with Gasteiger partial charge in [-0.15, -0.1) is 0 Å². The third-order valence-electron chi connectivity index (χ3n) is 3.23. The SMILES string of the molecule is CC(C)(C)c1ccc(C2CNC(=O)C2)cc1. The smallest absolute Gasteiger partial charge is 0.220 e. The van der Waals surface area contributed by atoms with Crippen molar-refractivity contribution in [2.45, 2.75) is 38.5 Å². The maximum Gasteiger partial charge on any atom is 0.220 e. The van der Waals surface area contributed by atoms with Crippen LogP contribution in [0.4, 0.5) is 0 Å². The Bertz CT molecular complexity index is 386. The zero-order valence-corrected chi connectivity index (χ0v) is 10.2. The highest BCUT2D eigenvalue weighted by atomic mass is 16.1. The lowest BCUT2D eigenvalue weighted by atomic mass is 9.85. The van der Waals surface area contributed by atoms with Gasteiger partial charge in [0.2, 0.25) is 5.91 Å². The first kappa shape index (κ1) is 11.2. The molecule has 1 heterocycles. The minimum Gasteiger partial charge on any atom is -0.355 e. The molecule has 1 N–H and O–H groups in total. The molecule has 0 saturated carbocycles. The van der Waals surface area contributed by atoms with Crippen molar-refractivity contribution in [3.8, 4) is 0 Å². The maximum absolute atomic E-state index is 11.1. The molecular formula is C14H19NO. The Balaban J connectivity index is 2.17. The second-order valence-electron chi connectivity index (χ2n) is 5.58. The van der Waals surface area contributed by atoms with Crippen LogP contribution in [0, 0.1) is 0 Å². The van der Waals surface area contributed by atoms with Gasteiger partial charge in [0.25, 0.3) is 0 Å². The van der Waals surface area contributed by atoms with Gasteiger partial charge >= 0.3 is 0 Å². The van der Waals surface area contributed by atoms with Gasteiger partial charge in [-0.25, -0.2) is 0 Å². The van der Waals surface area contributed by atoms with Crippen LogP contribution >= 0.6 is 0 Å². The van der Waals surface area contributed by atoms with Gasteiger partial charge in [-0.3, -0.25) is 4.79 Å². The number of rotatable bonds is 1. The molecule has 1 aliphatic rings. The van der Waals surface area contributed by atoms with Crippen molar-refractivity contribution >= 4 is 5.91 Å². The van der Waals surface area contributed by atoms with Crippen molar-refractivity contribution in [2.24, 2.45) is 0 Å². The summed E-state index contributed by atoms with van der Waals surface area (Å²) in [7, 11) is 0. The standard InChI is InChI=1S/C14H19NO/c1-14(2,3)12-6-4-10(5-7-12)11-8-13(16)15-9-11/h4-7,11H,8-9H2,1-3H3,(H,15,16). The molecule has 2 rings (SSSR count). The van der Waals surface area contributed by atoms with Crippen LogP contribution in [-0.2, 0) is 10.2 Å². The summed E-state index contributed by atoms with van der Waals surface area (Å²) >= 11 is 0. The van der Waals surface area contributed by atoms with Gasteiger partial charge in [0.05, 0.1) is 0 Å². The highest BCUT2D eigenvalue weighted by Gasteiger charge is 2.23. The summed E-state index contributed by atoms with van der Waals surface area (Å²) in [6.45, 7) is 7.42. The van der Waals surface area contributed by atoms with Gasteiger partial charge in [0.15, 0.2) is 0 Å². The first-order valence-corrected chi connectivity index (χ1v) is 5.84. The predicted molar refractivity (Wildman–Crippen MR) is 65.5 cm³/mol. The van der Waals surface area contributed by atoms with E-state index >= 15 is 0 Å². The molecule has 1 atom stereocenters. The minimum absolute atomic E-state index is 0.171. The second-order valence-corrected chi connectivity index (χ2v) is 5.58. The van der Waals surface area contributed by atoms with Crippen LogP contribution in [-0.4, -0.2) is 12.5 Å². The van der Waals surface area contributed by atoms with Crippen LogP contribution in [0.15, 0.2) is 24.3 Å². The van der Waals surface area contributed by atoms with Crippen molar-refractivity contribution in [1.82, 2.24) is 5.32 Å². The average Bonchev–Trinajstić information content (AvgIpc) is 2.64. The van der Waals surface area contributed by atoms with E-state index in [1.807, 2.05) is 0 Å². The molecule has 1 fully saturated rings. The lowest BCUT2D eigenvalue weighted by Crippen LogP contribution is -2.13. The van der Waals surface area contributed by atoms with Gasteiger partial charge in [-0.1, -0.05) is 45.0 Å². The first-order chi connectivity index (χ1) is 7.47. The van der Waals surface area contributed by atoms with Crippen molar-refractivity contribution in [3.05, 3.63) is 35.4 Å². The van der Waals surface area contributed by atoms with Gasteiger partial charge in [-0.2, -0.15) is 0 Å². The molecule has 86 valence electrons. The average molecular weight is 217 g/mol. The van der Waals surface area contributed by atoms with E-state index in [0.717, 1.165) is 6.54 Å². The Labute approximate surface area is 97.1 Å². The Kier molecular flexibility index (Phi) is 2.75. The van der Waals surface area contributed by atoms with E-state index < -0.39 is 0 Å². The first-order valence-electron chi connectivity index (χ1n) is 5.84. The molecule has 1 amide bonds. The van der Waals surface area contributed by atoms with Crippen molar-refractivity contribution in [3.63, 3.8) is 0 Å². The summed E-state index contributed by atoms with van der Waals surface area (Å²) in [4.78, 5) is 11.1. The highest BCUT2D eigenvalue weighted by molar-refractivity contribution is 5.79. The van der Waals surface area contributed by atoms with E-state index in [-0.39, 0.29) is 11.3 Å². The fourth-order valence-electron chi connectivity index (χ4n) is 2.10. The summed E-state index contributed by atoms with van der Waals surface area (Å²) in [5.41, 5.74) is 2.81. The molecule has 0 aromatic heterocycles. The molecule has 2 nitrogen and oxygen atoms in total. The predicted octanol–water partition coefficient (Wildman–Crippen LogP) is 2.59. The van der Waals surface area contributed by atoms with Crippen LogP contribution in [0.2, 0.25) is 0 Å². The normalized spacial score (nSPS) is 20.9. The van der Waals surface area contributed by atoms with Crippen LogP contribution < -0.4 is 5.32 Å². The lowest BCUT2D eigenvalue weighted by molar-refractivity contribution is -0.119. The molecule has 0 aliphatic carbocycles. The molecule has 1 aromatic carbocycles. The number of hydrogen-bond donors (Lipinski definition) is 1. The van der Waals surface area contributed by atoms with Crippen molar-refractivity contribution < 1.29 is 4.79 Å². The van der Waals surface area contributed by atoms with Crippen LogP contribution in [0.25, 0.3) is 0 Å². The van der Waals surface area contributed by atoms with Crippen LogP contribution in [0.3, 0.4) is 0 Å². The van der Waals surface area contributed by atoms with Crippen LogP contribution in [0.1, 0.15) is 44.2 Å². The molecule has 1 aliphatic heterocycles. The number of hydrogen-bond acceptors (Lipinski definition) is 1. The zero-order chi connectivity index (χ0) is 11.8. The molecule has 1 aromatic rings. The fraction of sp³-hybridized carbons (Fsp3) is 0.500. The Morgan fingerprint density at radius 1 is 1.19 bits per heavy atom. The Morgan fingerprint density at radius 3 is 2.25 bits per heavy atom. The maximum atomic E-state index is 11.1. The third kappa shape index (κ3) is 2.26. The molecular weight excluding hydrogens is 198 g/mol.